The highest BCUT2D eigenvalue weighted by Gasteiger charge is 2.72. The molecule has 1 heteroatoms. The van der Waals surface area contributed by atoms with Crippen molar-refractivity contribution < 1.29 is 0 Å². The number of nitriles is 1. The molecule has 0 radical (unpaired) electrons. The lowest BCUT2D eigenvalue weighted by Gasteiger charge is -2.72. The molecule has 0 aromatic rings. The normalized spacial score (nSPS) is 47.4. The summed E-state index contributed by atoms with van der Waals surface area (Å²) in [6.07, 6.45) is 8.11. The number of nitrogens with zero attached hydrogens (tertiary/aromatic N) is 1. The van der Waals surface area contributed by atoms with Gasteiger partial charge in [0.05, 0.1) is 11.5 Å². The molecular formula is C19H31N. The third-order valence-electron chi connectivity index (χ3n) is 7.49. The van der Waals surface area contributed by atoms with E-state index in [2.05, 4.69) is 47.6 Å². The summed E-state index contributed by atoms with van der Waals surface area (Å²) >= 11 is 0. The molecule has 6 aliphatic carbocycles. The van der Waals surface area contributed by atoms with Gasteiger partial charge in [0.25, 0.3) is 0 Å². The molecule has 6 rings (SSSR count). The van der Waals surface area contributed by atoms with E-state index in [-0.39, 0.29) is 5.41 Å². The first-order valence-electron chi connectivity index (χ1n) is 8.38. The lowest BCUT2D eigenvalue weighted by atomic mass is 9.30. The van der Waals surface area contributed by atoms with Crippen LogP contribution in [0, 0.1) is 44.3 Å². The van der Waals surface area contributed by atoms with E-state index in [1.807, 2.05) is 0 Å². The summed E-state index contributed by atoms with van der Waals surface area (Å²) in [5, 5.41) is 8.81. The van der Waals surface area contributed by atoms with Gasteiger partial charge in [-0.15, -0.1) is 0 Å². The van der Waals surface area contributed by atoms with Gasteiger partial charge in [-0.3, -0.25) is 0 Å². The summed E-state index contributed by atoms with van der Waals surface area (Å²) in [6, 6.07) is 2.44. The van der Waals surface area contributed by atoms with Gasteiger partial charge in [-0.2, -0.15) is 5.26 Å². The number of hydrogen-bond acceptors (Lipinski definition) is 1. The maximum atomic E-state index is 8.81. The van der Waals surface area contributed by atoms with Gasteiger partial charge in [-0.1, -0.05) is 41.5 Å². The molecule has 20 heavy (non-hydrogen) atoms. The Morgan fingerprint density at radius 3 is 1.35 bits per heavy atom. The van der Waals surface area contributed by atoms with Crippen molar-refractivity contribution in [2.75, 3.05) is 0 Å². The first kappa shape index (κ1) is 14.4. The van der Waals surface area contributed by atoms with Gasteiger partial charge in [-0.05, 0) is 66.1 Å². The zero-order valence-corrected chi connectivity index (χ0v) is 14.3. The van der Waals surface area contributed by atoms with Crippen LogP contribution in [0.25, 0.3) is 0 Å². The Bertz CT molecular complexity index is 429. The Kier molecular flexibility index (Phi) is 2.62. The molecule has 0 unspecified atom stereocenters. The quantitative estimate of drug-likeness (QED) is 0.567. The van der Waals surface area contributed by atoms with Crippen molar-refractivity contribution in [3.05, 3.63) is 0 Å². The molecule has 0 amide bonds. The summed E-state index contributed by atoms with van der Waals surface area (Å²) in [5.41, 5.74) is 2.50. The molecule has 1 nitrogen and oxygen atoms in total. The fourth-order valence-corrected chi connectivity index (χ4v) is 5.10. The first-order chi connectivity index (χ1) is 8.97. The van der Waals surface area contributed by atoms with Crippen LogP contribution in [0.15, 0.2) is 0 Å². The SMILES string of the molecule is CC(C)(C)C12CC(C#N)(C1)C2.CC(C)(C)C12CC(C1)C2. The topological polar surface area (TPSA) is 23.8 Å². The van der Waals surface area contributed by atoms with Crippen LogP contribution >= 0.6 is 0 Å². The van der Waals surface area contributed by atoms with Crippen molar-refractivity contribution in [1.82, 2.24) is 0 Å². The van der Waals surface area contributed by atoms with Crippen molar-refractivity contribution in [1.29, 1.82) is 5.26 Å². The minimum Gasteiger partial charge on any atom is -0.198 e. The maximum Gasteiger partial charge on any atom is 0.0690 e. The summed E-state index contributed by atoms with van der Waals surface area (Å²) in [4.78, 5) is 0. The van der Waals surface area contributed by atoms with Crippen LogP contribution in [0.4, 0.5) is 0 Å². The fraction of sp³-hybridized carbons (Fsp3) is 0.947. The van der Waals surface area contributed by atoms with Crippen LogP contribution in [-0.2, 0) is 0 Å². The lowest BCUT2D eigenvalue weighted by molar-refractivity contribution is -0.226. The van der Waals surface area contributed by atoms with Crippen LogP contribution in [-0.4, -0.2) is 0 Å². The third kappa shape index (κ3) is 1.66. The predicted octanol–water partition coefficient (Wildman–Crippen LogP) is 5.56. The van der Waals surface area contributed by atoms with Gasteiger partial charge in [0.1, 0.15) is 0 Å². The van der Waals surface area contributed by atoms with Gasteiger partial charge in [0, 0.05) is 0 Å². The van der Waals surface area contributed by atoms with Crippen LogP contribution in [0.3, 0.4) is 0 Å². The van der Waals surface area contributed by atoms with Gasteiger partial charge in [0.15, 0.2) is 0 Å². The molecule has 6 saturated carbocycles. The average molecular weight is 273 g/mol. The second kappa shape index (κ2) is 3.63. The molecule has 112 valence electrons. The lowest BCUT2D eigenvalue weighted by Crippen LogP contribution is -2.66. The number of hydrogen-bond donors (Lipinski definition) is 0. The van der Waals surface area contributed by atoms with Crippen LogP contribution in [0.5, 0.6) is 0 Å². The fourth-order valence-electron chi connectivity index (χ4n) is 5.10. The van der Waals surface area contributed by atoms with E-state index in [4.69, 9.17) is 5.26 Å². The Morgan fingerprint density at radius 2 is 1.20 bits per heavy atom. The third-order valence-corrected chi connectivity index (χ3v) is 7.49. The van der Waals surface area contributed by atoms with E-state index in [0.717, 1.165) is 11.3 Å². The Morgan fingerprint density at radius 1 is 0.800 bits per heavy atom. The first-order valence-corrected chi connectivity index (χ1v) is 8.38. The van der Waals surface area contributed by atoms with Crippen LogP contribution in [0.2, 0.25) is 0 Å². The molecular weight excluding hydrogens is 242 g/mol. The van der Waals surface area contributed by atoms with Crippen molar-refractivity contribution >= 4 is 0 Å². The van der Waals surface area contributed by atoms with Crippen molar-refractivity contribution in [3.8, 4) is 6.07 Å². The van der Waals surface area contributed by atoms with E-state index in [0.29, 0.717) is 16.2 Å². The van der Waals surface area contributed by atoms with E-state index in [9.17, 15) is 0 Å². The van der Waals surface area contributed by atoms with Gasteiger partial charge >= 0.3 is 0 Å². The molecule has 0 aliphatic heterocycles. The number of rotatable bonds is 0. The Hall–Kier alpha value is -0.510. The highest BCUT2D eigenvalue weighted by molar-refractivity contribution is 5.28. The molecule has 6 fully saturated rings. The van der Waals surface area contributed by atoms with Crippen LogP contribution < -0.4 is 0 Å². The van der Waals surface area contributed by atoms with E-state index in [1.54, 1.807) is 0 Å². The maximum absolute atomic E-state index is 8.81. The van der Waals surface area contributed by atoms with Crippen molar-refractivity contribution in [2.45, 2.75) is 80.1 Å². The molecule has 0 N–H and O–H groups in total. The van der Waals surface area contributed by atoms with Crippen molar-refractivity contribution in [3.63, 3.8) is 0 Å². The van der Waals surface area contributed by atoms with Gasteiger partial charge < -0.3 is 0 Å². The van der Waals surface area contributed by atoms with E-state index < -0.39 is 0 Å². The summed E-state index contributed by atoms with van der Waals surface area (Å²) < 4.78 is 0. The molecule has 4 bridgehead atoms. The average Bonchev–Trinajstić information content (AvgIpc) is 1.85. The second-order valence-electron chi connectivity index (χ2n) is 10.5. The second-order valence-corrected chi connectivity index (χ2v) is 10.5. The zero-order valence-electron chi connectivity index (χ0n) is 14.3. The largest absolute Gasteiger partial charge is 0.198 e. The Balaban J connectivity index is 0.000000123. The van der Waals surface area contributed by atoms with Crippen LogP contribution in [0.1, 0.15) is 80.1 Å². The standard InChI is InChI=1S/C10H15N.C9H16/c1-8(2,3)10-4-9(5-10,6-10)7-11;1-8(2,3)9-4-7(5-9)6-9/h4-6H2,1-3H3;7H,4-6H2,1-3H3. The predicted molar refractivity (Wildman–Crippen MR) is 83.0 cm³/mol. The minimum absolute atomic E-state index is 0.132. The van der Waals surface area contributed by atoms with Gasteiger partial charge in [0.2, 0.25) is 0 Å². The molecule has 0 atom stereocenters. The smallest absolute Gasteiger partial charge is 0.0690 e. The Labute approximate surface area is 125 Å². The molecule has 6 aliphatic rings. The molecule has 0 aromatic heterocycles. The highest BCUT2D eigenvalue weighted by atomic mass is 14.7. The highest BCUT2D eigenvalue weighted by Crippen LogP contribution is 2.78. The minimum atomic E-state index is 0.132. The monoisotopic (exact) mass is 273 g/mol. The van der Waals surface area contributed by atoms with Crippen molar-refractivity contribution in [2.24, 2.45) is 33.0 Å². The van der Waals surface area contributed by atoms with E-state index in [1.165, 1.54) is 38.5 Å². The van der Waals surface area contributed by atoms with Gasteiger partial charge in [-0.25, -0.2) is 0 Å². The molecule has 0 spiro atoms. The summed E-state index contributed by atoms with van der Waals surface area (Å²) in [7, 11) is 0. The summed E-state index contributed by atoms with van der Waals surface area (Å²) in [6.45, 7) is 14.1. The van der Waals surface area contributed by atoms with E-state index >= 15 is 0 Å². The molecule has 0 aromatic carbocycles. The zero-order chi connectivity index (χ0) is 15.0. The summed E-state index contributed by atoms with van der Waals surface area (Å²) in [5.74, 6) is 1.14. The molecule has 0 saturated heterocycles. The molecule has 0 heterocycles.